The SMILES string of the molecule is C.Cc1c([N+](=O)[O-])cc[n+](O)c1C.Cc1c([N+](=O)[O-])ccnc1CSc1nc2ccccc2[nH]1.S=c1[nH]c2ccccc2[nH]1. The van der Waals surface area contributed by atoms with Gasteiger partial charge in [-0.05, 0) is 50.3 Å². The number of hydrogen-bond acceptors (Lipinski definition) is 9. The van der Waals surface area contributed by atoms with Gasteiger partial charge in [-0.15, -0.1) is 0 Å². The predicted molar refractivity (Wildman–Crippen MR) is 171 cm³/mol. The van der Waals surface area contributed by atoms with Crippen LogP contribution in [-0.2, 0) is 5.75 Å². The minimum absolute atomic E-state index is 0. The number of hydrogen-bond donors (Lipinski definition) is 4. The molecule has 0 aliphatic heterocycles. The molecule has 0 radical (unpaired) electrons. The van der Waals surface area contributed by atoms with Crippen LogP contribution in [0.25, 0.3) is 22.1 Å². The van der Waals surface area contributed by atoms with Crippen LogP contribution in [0.2, 0.25) is 0 Å². The van der Waals surface area contributed by atoms with Gasteiger partial charge >= 0.3 is 0 Å². The van der Waals surface area contributed by atoms with E-state index in [0.29, 0.717) is 33.0 Å². The molecule has 0 spiro atoms. The van der Waals surface area contributed by atoms with Crippen LogP contribution in [-0.4, -0.2) is 40.0 Å². The van der Waals surface area contributed by atoms with Gasteiger partial charge < -0.3 is 15.0 Å². The number of benzene rings is 2. The van der Waals surface area contributed by atoms with Gasteiger partial charge in [-0.25, -0.2) is 4.98 Å². The van der Waals surface area contributed by atoms with Gasteiger partial charge in [-0.3, -0.25) is 30.4 Å². The Bertz CT molecular complexity index is 1920. The summed E-state index contributed by atoms with van der Waals surface area (Å²) in [5.74, 6) is 0.535. The maximum absolute atomic E-state index is 10.9. The molecule has 0 saturated carbocycles. The molecule has 0 saturated heterocycles. The molecular formula is C29H31N8O5S2+. The Balaban J connectivity index is 0.000000195. The molecular weight excluding hydrogens is 605 g/mol. The first kappa shape index (κ1) is 33.4. The lowest BCUT2D eigenvalue weighted by molar-refractivity contribution is -0.909. The quantitative estimate of drug-likeness (QED) is 0.0384. The zero-order valence-electron chi connectivity index (χ0n) is 23.3. The lowest BCUT2D eigenvalue weighted by Gasteiger charge is -2.03. The van der Waals surface area contributed by atoms with E-state index in [9.17, 15) is 20.2 Å². The number of pyridine rings is 2. The molecule has 44 heavy (non-hydrogen) atoms. The molecule has 0 atom stereocenters. The minimum Gasteiger partial charge on any atom is -0.333 e. The third-order valence-electron chi connectivity index (χ3n) is 6.45. The smallest absolute Gasteiger partial charge is 0.284 e. The highest BCUT2D eigenvalue weighted by atomic mass is 32.2. The van der Waals surface area contributed by atoms with Crippen LogP contribution in [0.4, 0.5) is 11.4 Å². The number of nitrogens with one attached hydrogen (secondary N) is 3. The fraction of sp³-hybridized carbons (Fsp3) is 0.172. The van der Waals surface area contributed by atoms with Crippen molar-refractivity contribution in [1.29, 1.82) is 0 Å². The summed E-state index contributed by atoms with van der Waals surface area (Å²) >= 11 is 6.38. The first-order chi connectivity index (χ1) is 20.5. The van der Waals surface area contributed by atoms with Crippen LogP contribution >= 0.6 is 24.0 Å². The third kappa shape index (κ3) is 8.02. The van der Waals surface area contributed by atoms with E-state index in [1.165, 1.54) is 36.3 Å². The highest BCUT2D eigenvalue weighted by Crippen LogP contribution is 2.26. The van der Waals surface area contributed by atoms with Gasteiger partial charge in [-0.1, -0.05) is 43.5 Å². The molecule has 6 rings (SSSR count). The van der Waals surface area contributed by atoms with E-state index in [-0.39, 0.29) is 23.7 Å². The summed E-state index contributed by atoms with van der Waals surface area (Å²) in [6.45, 7) is 4.93. The first-order valence-corrected chi connectivity index (χ1v) is 14.1. The Kier molecular flexibility index (Phi) is 11.2. The number of rotatable bonds is 5. The molecule has 0 aliphatic rings. The second-order valence-corrected chi connectivity index (χ2v) is 10.5. The summed E-state index contributed by atoms with van der Waals surface area (Å²) in [7, 11) is 0. The van der Waals surface area contributed by atoms with E-state index in [1.807, 2.05) is 48.5 Å². The summed E-state index contributed by atoms with van der Waals surface area (Å²) in [6.07, 6.45) is 2.72. The molecule has 0 aliphatic carbocycles. The maximum Gasteiger partial charge on any atom is 0.284 e. The number of aromatic nitrogens is 6. The molecule has 228 valence electrons. The number of thioether (sulfide) groups is 1. The van der Waals surface area contributed by atoms with Crippen molar-refractivity contribution in [3.05, 3.63) is 121 Å². The second kappa shape index (κ2) is 14.8. The number of nitrogens with zero attached hydrogens (tertiary/aromatic N) is 5. The molecule has 2 aromatic carbocycles. The second-order valence-electron chi connectivity index (χ2n) is 9.14. The van der Waals surface area contributed by atoms with Crippen LogP contribution in [0.3, 0.4) is 0 Å². The van der Waals surface area contributed by atoms with Gasteiger partial charge in [0.05, 0.1) is 49.2 Å². The van der Waals surface area contributed by atoms with Crippen molar-refractivity contribution in [2.75, 3.05) is 0 Å². The number of aromatic amines is 3. The van der Waals surface area contributed by atoms with Crippen molar-refractivity contribution in [1.82, 2.24) is 24.9 Å². The molecule has 0 fully saturated rings. The zero-order valence-corrected chi connectivity index (χ0v) is 24.9. The largest absolute Gasteiger partial charge is 0.333 e. The van der Waals surface area contributed by atoms with Gasteiger partial charge in [0.1, 0.15) is 0 Å². The van der Waals surface area contributed by atoms with E-state index in [4.69, 9.17) is 17.4 Å². The van der Waals surface area contributed by atoms with E-state index in [0.717, 1.165) is 32.0 Å². The lowest BCUT2D eigenvalue weighted by Crippen LogP contribution is -2.34. The molecule has 0 amide bonds. The lowest BCUT2D eigenvalue weighted by atomic mass is 10.2. The summed E-state index contributed by atoms with van der Waals surface area (Å²) in [5, 5.41) is 31.2. The van der Waals surface area contributed by atoms with Crippen LogP contribution < -0.4 is 4.73 Å². The fourth-order valence-electron chi connectivity index (χ4n) is 3.96. The number of H-pyrrole nitrogens is 3. The molecule has 0 bridgehead atoms. The van der Waals surface area contributed by atoms with E-state index < -0.39 is 4.92 Å². The van der Waals surface area contributed by atoms with Crippen molar-refractivity contribution in [2.45, 2.75) is 39.1 Å². The van der Waals surface area contributed by atoms with Crippen molar-refractivity contribution in [3.63, 3.8) is 0 Å². The fourth-order valence-corrected chi connectivity index (χ4v) is 5.08. The summed E-state index contributed by atoms with van der Waals surface area (Å²) in [4.78, 5) is 38.4. The summed E-state index contributed by atoms with van der Waals surface area (Å²) < 4.78 is 1.55. The number of fused-ring (bicyclic) bond motifs is 2. The van der Waals surface area contributed by atoms with Crippen molar-refractivity contribution >= 4 is 57.4 Å². The number of nitro groups is 2. The predicted octanol–water partition coefficient (Wildman–Crippen LogP) is 7.06. The molecule has 13 nitrogen and oxygen atoms in total. The summed E-state index contributed by atoms with van der Waals surface area (Å²) in [6, 6.07) is 18.4. The Morgan fingerprint density at radius 3 is 2.02 bits per heavy atom. The Morgan fingerprint density at radius 2 is 1.43 bits per heavy atom. The average molecular weight is 636 g/mol. The van der Waals surface area contributed by atoms with Crippen LogP contribution in [0, 0.1) is 45.8 Å². The highest BCUT2D eigenvalue weighted by Gasteiger charge is 2.19. The van der Waals surface area contributed by atoms with Gasteiger partial charge in [0.2, 0.25) is 11.9 Å². The van der Waals surface area contributed by atoms with Crippen molar-refractivity contribution in [3.8, 4) is 0 Å². The van der Waals surface area contributed by atoms with Crippen LogP contribution in [0.5, 0.6) is 0 Å². The topological polar surface area (TPSA) is 184 Å². The number of imidazole rings is 2. The third-order valence-corrected chi connectivity index (χ3v) is 7.54. The van der Waals surface area contributed by atoms with Crippen molar-refractivity contribution < 1.29 is 19.8 Å². The van der Waals surface area contributed by atoms with E-state index in [1.54, 1.807) is 20.8 Å². The number of para-hydroxylation sites is 4. The van der Waals surface area contributed by atoms with Gasteiger partial charge in [0, 0.05) is 35.2 Å². The molecule has 15 heteroatoms. The maximum atomic E-state index is 10.9. The first-order valence-electron chi connectivity index (χ1n) is 12.7. The average Bonchev–Trinajstić information content (AvgIpc) is 3.58. The molecule has 4 N–H and O–H groups in total. The normalized spacial score (nSPS) is 10.2. The molecule has 6 aromatic rings. The van der Waals surface area contributed by atoms with Crippen LogP contribution in [0.1, 0.15) is 29.9 Å². The minimum atomic E-state index is -0.470. The zero-order chi connectivity index (χ0) is 31.1. The Hall–Kier alpha value is -5.15. The van der Waals surface area contributed by atoms with E-state index in [2.05, 4.69) is 24.9 Å². The van der Waals surface area contributed by atoms with Gasteiger partial charge in [0.15, 0.2) is 9.93 Å². The monoisotopic (exact) mass is 635 g/mol. The Labute approximate surface area is 261 Å². The highest BCUT2D eigenvalue weighted by molar-refractivity contribution is 7.98. The van der Waals surface area contributed by atoms with Gasteiger partial charge in [0.25, 0.3) is 11.4 Å². The van der Waals surface area contributed by atoms with Crippen molar-refractivity contribution in [2.24, 2.45) is 0 Å². The van der Waals surface area contributed by atoms with Gasteiger partial charge in [-0.2, -0.15) is 0 Å². The molecule has 4 aromatic heterocycles. The molecule has 4 heterocycles. The Morgan fingerprint density at radius 1 is 0.864 bits per heavy atom. The molecule has 0 unspecified atom stereocenters. The standard InChI is InChI=1S/C14H12N4O2S.C7H9N2O3.C7H6N2S.CH4/c1-9-12(15-7-6-13(9)18(19)20)8-21-14-16-10-4-2-3-5-11(10)17-14;1-5-6(2)8(10)4-3-7(5)9(11)12;10-7-8-5-3-1-2-4-6(5)9-7;/h2-7H,8H2,1H3,(H,16,17);3-4,10H,1-2H3;1-4H,(H2,8,9,10);1H4/q;+1;;. The van der Waals surface area contributed by atoms with E-state index >= 15 is 0 Å². The van der Waals surface area contributed by atoms with Crippen LogP contribution in [0.15, 0.2) is 78.2 Å². The summed E-state index contributed by atoms with van der Waals surface area (Å²) in [5.41, 5.74) is 6.39.